The summed E-state index contributed by atoms with van der Waals surface area (Å²) in [5, 5.41) is 18.0. The normalized spacial score (nSPS) is 16.5. The zero-order chi connectivity index (χ0) is 17.0. The first-order valence-corrected chi connectivity index (χ1v) is 6.75. The summed E-state index contributed by atoms with van der Waals surface area (Å²) in [5.74, 6) is 0. The van der Waals surface area contributed by atoms with Gasteiger partial charge in [0.2, 0.25) is 0 Å². The minimum absolute atomic E-state index is 0.270. The molecule has 0 saturated heterocycles. The third-order valence-corrected chi connectivity index (χ3v) is 3.52. The van der Waals surface area contributed by atoms with Crippen LogP contribution in [0.5, 0.6) is 0 Å². The van der Waals surface area contributed by atoms with Crippen molar-refractivity contribution in [1.29, 1.82) is 0 Å². The van der Waals surface area contributed by atoms with Crippen LogP contribution < -0.4 is 0 Å². The number of benzene rings is 1. The molecule has 124 valence electrons. The van der Waals surface area contributed by atoms with Crippen LogP contribution in [0.2, 0.25) is 0 Å². The predicted molar refractivity (Wildman–Crippen MR) is 69.1 cm³/mol. The number of aliphatic hydroxyl groups excluding tert-OH is 2. The Morgan fingerprint density at radius 1 is 1.00 bits per heavy atom. The summed E-state index contributed by atoms with van der Waals surface area (Å²) in [5.41, 5.74) is 0. The molecule has 0 amide bonds. The number of hydrogen-bond donors (Lipinski definition) is 2. The third-order valence-electron chi connectivity index (χ3n) is 2.44. The highest BCUT2D eigenvalue weighted by molar-refractivity contribution is 8.03. The lowest BCUT2D eigenvalue weighted by atomic mass is 10.2. The highest BCUT2D eigenvalue weighted by Crippen LogP contribution is 2.35. The van der Waals surface area contributed by atoms with Crippen LogP contribution in [0.15, 0.2) is 46.2 Å². The molecule has 9 heteroatoms. The lowest BCUT2D eigenvalue weighted by Crippen LogP contribution is -2.30. The molecule has 0 heterocycles. The SMILES string of the molecule is O[C@@H](/C=C(/C[C@H](O)C(F)(F)F)Sc1ccccc1)C(F)(F)F. The molecule has 0 fully saturated rings. The van der Waals surface area contributed by atoms with Crippen molar-refractivity contribution in [2.45, 2.75) is 35.9 Å². The van der Waals surface area contributed by atoms with Crippen LogP contribution in [0, 0.1) is 0 Å². The monoisotopic (exact) mass is 346 g/mol. The average molecular weight is 346 g/mol. The number of hydrogen-bond acceptors (Lipinski definition) is 3. The van der Waals surface area contributed by atoms with Gasteiger partial charge in [-0.25, -0.2) is 0 Å². The number of rotatable bonds is 5. The molecule has 0 spiro atoms. The van der Waals surface area contributed by atoms with Crippen molar-refractivity contribution in [2.24, 2.45) is 0 Å². The molecule has 2 atom stereocenters. The summed E-state index contributed by atoms with van der Waals surface area (Å²) in [6, 6.07) is 7.71. The van der Waals surface area contributed by atoms with Gasteiger partial charge in [-0.05, 0) is 23.1 Å². The molecule has 0 radical (unpaired) electrons. The Bertz CT molecular complexity index is 497. The van der Waals surface area contributed by atoms with Gasteiger partial charge in [-0.2, -0.15) is 26.3 Å². The highest BCUT2D eigenvalue weighted by atomic mass is 32.2. The van der Waals surface area contributed by atoms with Gasteiger partial charge in [0.1, 0.15) is 0 Å². The van der Waals surface area contributed by atoms with Crippen LogP contribution in [0.1, 0.15) is 6.42 Å². The van der Waals surface area contributed by atoms with Gasteiger partial charge in [-0.15, -0.1) is 0 Å². The number of halogens is 6. The summed E-state index contributed by atoms with van der Waals surface area (Å²) in [4.78, 5) is -0.0432. The highest BCUT2D eigenvalue weighted by Gasteiger charge is 2.40. The van der Waals surface area contributed by atoms with Crippen molar-refractivity contribution in [3.05, 3.63) is 41.3 Å². The van der Waals surface area contributed by atoms with Crippen molar-refractivity contribution in [3.63, 3.8) is 0 Å². The summed E-state index contributed by atoms with van der Waals surface area (Å²) in [6.07, 6.45) is -16.5. The molecule has 2 N–H and O–H groups in total. The molecule has 0 saturated carbocycles. The van der Waals surface area contributed by atoms with E-state index in [-0.39, 0.29) is 6.08 Å². The first-order valence-electron chi connectivity index (χ1n) is 5.93. The van der Waals surface area contributed by atoms with Gasteiger partial charge in [0.05, 0.1) is 0 Å². The van der Waals surface area contributed by atoms with Gasteiger partial charge in [0, 0.05) is 11.3 Å². The second-order valence-electron chi connectivity index (χ2n) is 4.30. The minimum atomic E-state index is -4.99. The average Bonchev–Trinajstić information content (AvgIpc) is 2.37. The third kappa shape index (κ3) is 6.29. The van der Waals surface area contributed by atoms with E-state index < -0.39 is 35.9 Å². The molecule has 0 bridgehead atoms. The van der Waals surface area contributed by atoms with Crippen LogP contribution in [0.3, 0.4) is 0 Å². The summed E-state index contributed by atoms with van der Waals surface area (Å²) in [7, 11) is 0. The fourth-order valence-corrected chi connectivity index (χ4v) is 2.39. The number of alkyl halides is 6. The van der Waals surface area contributed by atoms with Gasteiger partial charge in [0.25, 0.3) is 0 Å². The molecule has 0 aliphatic rings. The summed E-state index contributed by atoms with van der Waals surface area (Å²) in [6.45, 7) is 0. The van der Waals surface area contributed by atoms with Crippen molar-refractivity contribution < 1.29 is 36.6 Å². The van der Waals surface area contributed by atoms with Crippen molar-refractivity contribution in [1.82, 2.24) is 0 Å². The van der Waals surface area contributed by atoms with E-state index in [1.807, 2.05) is 0 Å². The van der Waals surface area contributed by atoms with Crippen molar-refractivity contribution >= 4 is 11.8 Å². The Kier molecular flexibility index (Phi) is 6.33. The molecular formula is C13H12F6O2S. The van der Waals surface area contributed by atoms with Gasteiger partial charge >= 0.3 is 12.4 Å². The minimum Gasteiger partial charge on any atom is -0.383 e. The predicted octanol–water partition coefficient (Wildman–Crippen LogP) is 3.90. The van der Waals surface area contributed by atoms with E-state index in [4.69, 9.17) is 10.2 Å². The second kappa shape index (κ2) is 7.38. The molecule has 0 aliphatic carbocycles. The van der Waals surface area contributed by atoms with E-state index >= 15 is 0 Å². The Morgan fingerprint density at radius 3 is 2.00 bits per heavy atom. The van der Waals surface area contributed by atoms with Gasteiger partial charge < -0.3 is 10.2 Å². The number of aliphatic hydroxyl groups is 2. The maximum Gasteiger partial charge on any atom is 0.418 e. The van der Waals surface area contributed by atoms with E-state index in [1.165, 1.54) is 12.1 Å². The Hall–Kier alpha value is -1.19. The maximum absolute atomic E-state index is 12.3. The molecular weight excluding hydrogens is 334 g/mol. The fraction of sp³-hybridized carbons (Fsp3) is 0.385. The molecule has 1 aromatic rings. The molecule has 0 unspecified atom stereocenters. The topological polar surface area (TPSA) is 40.5 Å². The maximum atomic E-state index is 12.3. The van der Waals surface area contributed by atoms with Crippen LogP contribution in [-0.2, 0) is 0 Å². The van der Waals surface area contributed by atoms with E-state index in [9.17, 15) is 26.3 Å². The number of thioether (sulfide) groups is 1. The molecule has 0 aliphatic heterocycles. The Labute approximate surface area is 126 Å². The Balaban J connectivity index is 2.97. The molecule has 1 rings (SSSR count). The Morgan fingerprint density at radius 2 is 1.55 bits per heavy atom. The summed E-state index contributed by atoms with van der Waals surface area (Å²) >= 11 is 0.619. The quantitative estimate of drug-likeness (QED) is 0.628. The molecule has 1 aromatic carbocycles. The molecule has 2 nitrogen and oxygen atoms in total. The van der Waals surface area contributed by atoms with Crippen molar-refractivity contribution in [3.8, 4) is 0 Å². The van der Waals surface area contributed by atoms with E-state index in [1.54, 1.807) is 18.2 Å². The smallest absolute Gasteiger partial charge is 0.383 e. The fourth-order valence-electron chi connectivity index (χ4n) is 1.36. The van der Waals surface area contributed by atoms with Crippen LogP contribution in [0.4, 0.5) is 26.3 Å². The largest absolute Gasteiger partial charge is 0.418 e. The zero-order valence-electron chi connectivity index (χ0n) is 10.9. The van der Waals surface area contributed by atoms with E-state index in [0.29, 0.717) is 16.7 Å². The first kappa shape index (κ1) is 18.9. The molecule has 22 heavy (non-hydrogen) atoms. The first-order chi connectivity index (χ1) is 10.00. The molecule has 0 aromatic heterocycles. The van der Waals surface area contributed by atoms with E-state index in [0.717, 1.165) is 0 Å². The second-order valence-corrected chi connectivity index (χ2v) is 5.50. The van der Waals surface area contributed by atoms with Gasteiger partial charge in [0.15, 0.2) is 12.2 Å². The van der Waals surface area contributed by atoms with Gasteiger partial charge in [-0.1, -0.05) is 30.0 Å². The van der Waals surface area contributed by atoms with E-state index in [2.05, 4.69) is 0 Å². The van der Waals surface area contributed by atoms with Crippen molar-refractivity contribution in [2.75, 3.05) is 0 Å². The summed E-state index contributed by atoms with van der Waals surface area (Å²) < 4.78 is 74.0. The van der Waals surface area contributed by atoms with Crippen LogP contribution in [0.25, 0.3) is 0 Å². The zero-order valence-corrected chi connectivity index (χ0v) is 11.7. The van der Waals surface area contributed by atoms with Crippen LogP contribution in [-0.4, -0.2) is 34.8 Å². The van der Waals surface area contributed by atoms with Crippen LogP contribution >= 0.6 is 11.8 Å². The standard InChI is InChI=1S/C13H12F6O2S/c14-12(15,16)10(20)6-9(7-11(21)13(17,18)19)22-8-4-2-1-3-5-8/h1-6,10-11,20-21H,7H2/b9-6-/t10-,11-/m0/s1. The van der Waals surface area contributed by atoms with Gasteiger partial charge in [-0.3, -0.25) is 0 Å². The lowest BCUT2D eigenvalue weighted by Gasteiger charge is -2.18. The lowest BCUT2D eigenvalue weighted by molar-refractivity contribution is -0.202.